The summed E-state index contributed by atoms with van der Waals surface area (Å²) in [6.07, 6.45) is 4.13. The number of nitrogens with zero attached hydrogens (tertiary/aromatic N) is 1. The van der Waals surface area contributed by atoms with Crippen LogP contribution in [0.3, 0.4) is 0 Å². The molecular formula is C20H25F2NO. The van der Waals surface area contributed by atoms with Crippen molar-refractivity contribution in [2.24, 2.45) is 5.92 Å². The van der Waals surface area contributed by atoms with Gasteiger partial charge in [-0.25, -0.2) is 8.78 Å². The molecule has 2 aromatic rings. The molecule has 0 radical (unpaired) electrons. The zero-order valence-corrected chi connectivity index (χ0v) is 14.3. The van der Waals surface area contributed by atoms with Crippen LogP contribution < -0.4 is 4.90 Å². The average molecular weight is 333 g/mol. The maximum Gasteiger partial charge on any atom is 0.149 e. The van der Waals surface area contributed by atoms with Gasteiger partial charge < -0.3 is 10.0 Å². The van der Waals surface area contributed by atoms with Crippen LogP contribution in [0.15, 0.2) is 42.5 Å². The van der Waals surface area contributed by atoms with Crippen LogP contribution in [-0.4, -0.2) is 11.7 Å². The van der Waals surface area contributed by atoms with Gasteiger partial charge in [-0.3, -0.25) is 0 Å². The Balaban J connectivity index is 2.41. The summed E-state index contributed by atoms with van der Waals surface area (Å²) < 4.78 is 28.7. The molecule has 0 saturated heterocycles. The Labute approximate surface area is 142 Å². The van der Waals surface area contributed by atoms with Gasteiger partial charge in [0.1, 0.15) is 23.1 Å². The number of hydrogen-bond acceptors (Lipinski definition) is 2. The molecule has 4 heteroatoms. The lowest BCUT2D eigenvalue weighted by Crippen LogP contribution is -2.26. The largest absolute Gasteiger partial charge is 0.508 e. The molecule has 1 atom stereocenters. The van der Waals surface area contributed by atoms with Crippen molar-refractivity contribution in [3.05, 3.63) is 54.1 Å². The first-order valence-corrected chi connectivity index (χ1v) is 8.57. The maximum atomic E-state index is 14.3. The van der Waals surface area contributed by atoms with Gasteiger partial charge >= 0.3 is 0 Å². The van der Waals surface area contributed by atoms with Crippen molar-refractivity contribution in [2.45, 2.75) is 39.5 Å². The molecule has 24 heavy (non-hydrogen) atoms. The van der Waals surface area contributed by atoms with E-state index in [-0.39, 0.29) is 11.4 Å². The third kappa shape index (κ3) is 4.47. The van der Waals surface area contributed by atoms with Crippen LogP contribution >= 0.6 is 0 Å². The van der Waals surface area contributed by atoms with E-state index in [0.29, 0.717) is 18.2 Å². The Morgan fingerprint density at radius 1 is 1.04 bits per heavy atom. The molecule has 0 aliphatic heterocycles. The van der Waals surface area contributed by atoms with E-state index in [0.717, 1.165) is 25.7 Å². The summed E-state index contributed by atoms with van der Waals surface area (Å²) in [5, 5.41) is 9.77. The molecule has 0 bridgehead atoms. The number of hydrogen-bond donors (Lipinski definition) is 1. The van der Waals surface area contributed by atoms with E-state index in [1.165, 1.54) is 18.2 Å². The van der Waals surface area contributed by atoms with E-state index >= 15 is 0 Å². The van der Waals surface area contributed by atoms with Crippen LogP contribution in [0.4, 0.5) is 20.2 Å². The molecule has 1 N–H and O–H groups in total. The van der Waals surface area contributed by atoms with E-state index in [4.69, 9.17) is 0 Å². The predicted molar refractivity (Wildman–Crippen MR) is 94.8 cm³/mol. The van der Waals surface area contributed by atoms with Crippen LogP contribution in [0.5, 0.6) is 5.75 Å². The van der Waals surface area contributed by atoms with E-state index in [2.05, 4.69) is 13.8 Å². The summed E-state index contributed by atoms with van der Waals surface area (Å²) in [4.78, 5) is 1.65. The van der Waals surface area contributed by atoms with Crippen LogP contribution in [0.1, 0.15) is 39.5 Å². The molecule has 0 saturated carbocycles. The number of anilines is 2. The average Bonchev–Trinajstić information content (AvgIpc) is 2.56. The Hall–Kier alpha value is -2.10. The second-order valence-corrected chi connectivity index (χ2v) is 6.12. The summed E-state index contributed by atoms with van der Waals surface area (Å²) in [5.74, 6) is -0.783. The molecular weight excluding hydrogens is 308 g/mol. The van der Waals surface area contributed by atoms with Crippen LogP contribution in [0.2, 0.25) is 0 Å². The van der Waals surface area contributed by atoms with Crippen molar-refractivity contribution in [3.8, 4) is 5.75 Å². The fourth-order valence-corrected chi connectivity index (χ4v) is 2.91. The molecule has 0 amide bonds. The number of unbranched alkanes of at least 4 members (excludes halogenated alkanes) is 1. The number of halogens is 2. The molecule has 0 aliphatic rings. The number of benzene rings is 2. The van der Waals surface area contributed by atoms with Gasteiger partial charge in [-0.05, 0) is 36.6 Å². The number of aromatic hydroxyl groups is 1. The lowest BCUT2D eigenvalue weighted by molar-refractivity contribution is 0.452. The highest BCUT2D eigenvalue weighted by molar-refractivity contribution is 5.65. The van der Waals surface area contributed by atoms with Crippen LogP contribution in [0.25, 0.3) is 0 Å². The van der Waals surface area contributed by atoms with Crippen LogP contribution in [-0.2, 0) is 0 Å². The number of phenolic OH excluding ortho intramolecular Hbond substituents is 1. The van der Waals surface area contributed by atoms with Crippen LogP contribution in [0, 0.1) is 17.6 Å². The monoisotopic (exact) mass is 333 g/mol. The quantitative estimate of drug-likeness (QED) is 0.638. The predicted octanol–water partition coefficient (Wildman–Crippen LogP) is 6.02. The van der Waals surface area contributed by atoms with Gasteiger partial charge in [-0.15, -0.1) is 0 Å². The lowest BCUT2D eigenvalue weighted by atomic mass is 9.98. The summed E-state index contributed by atoms with van der Waals surface area (Å²) in [6.45, 7) is 4.74. The van der Waals surface area contributed by atoms with Crippen molar-refractivity contribution in [3.63, 3.8) is 0 Å². The van der Waals surface area contributed by atoms with Crippen molar-refractivity contribution >= 4 is 11.4 Å². The van der Waals surface area contributed by atoms with Gasteiger partial charge in [0.05, 0.1) is 0 Å². The van der Waals surface area contributed by atoms with Crippen molar-refractivity contribution in [1.82, 2.24) is 0 Å². The molecule has 0 spiro atoms. The number of rotatable bonds is 8. The summed E-state index contributed by atoms with van der Waals surface area (Å²) in [6, 6.07) is 10.4. The fraction of sp³-hybridized carbons (Fsp3) is 0.400. The highest BCUT2D eigenvalue weighted by Gasteiger charge is 2.21. The van der Waals surface area contributed by atoms with Gasteiger partial charge in [-0.1, -0.05) is 45.2 Å². The smallest absolute Gasteiger partial charge is 0.149 e. The van der Waals surface area contributed by atoms with E-state index in [1.807, 2.05) is 0 Å². The molecule has 2 rings (SSSR count). The molecule has 2 nitrogen and oxygen atoms in total. The van der Waals surface area contributed by atoms with Crippen molar-refractivity contribution in [2.75, 3.05) is 11.4 Å². The minimum absolute atomic E-state index is 0.0574. The minimum Gasteiger partial charge on any atom is -0.508 e. The van der Waals surface area contributed by atoms with Gasteiger partial charge in [0, 0.05) is 18.3 Å². The standard InChI is InChI=1S/C20H25F2NO/c1-3-5-8-15(4-2)14-23(16-9-6-10-17(24)13-16)20-18(21)11-7-12-19(20)22/h6-7,9-13,15,24H,3-5,8,14H2,1-2H3. The highest BCUT2D eigenvalue weighted by Crippen LogP contribution is 2.34. The first-order chi connectivity index (χ1) is 11.6. The molecule has 0 aliphatic carbocycles. The molecule has 2 aromatic carbocycles. The minimum atomic E-state index is -0.594. The van der Waals surface area contributed by atoms with E-state index < -0.39 is 11.6 Å². The molecule has 0 heterocycles. The summed E-state index contributed by atoms with van der Waals surface area (Å²) in [7, 11) is 0. The molecule has 0 aromatic heterocycles. The maximum absolute atomic E-state index is 14.3. The first kappa shape index (κ1) is 18.2. The second kappa shape index (κ2) is 8.67. The molecule has 130 valence electrons. The Bertz CT molecular complexity index is 640. The lowest BCUT2D eigenvalue weighted by Gasteiger charge is -2.30. The summed E-state index contributed by atoms with van der Waals surface area (Å²) >= 11 is 0. The number of para-hydroxylation sites is 1. The third-order valence-corrected chi connectivity index (χ3v) is 4.33. The van der Waals surface area contributed by atoms with Crippen molar-refractivity contribution < 1.29 is 13.9 Å². The molecule has 0 fully saturated rings. The Morgan fingerprint density at radius 3 is 2.29 bits per heavy atom. The van der Waals surface area contributed by atoms with E-state index in [9.17, 15) is 13.9 Å². The normalized spacial score (nSPS) is 12.2. The Kier molecular flexibility index (Phi) is 6.59. The van der Waals surface area contributed by atoms with Crippen molar-refractivity contribution in [1.29, 1.82) is 0 Å². The van der Waals surface area contributed by atoms with Gasteiger partial charge in [0.15, 0.2) is 0 Å². The zero-order chi connectivity index (χ0) is 17.5. The third-order valence-electron chi connectivity index (χ3n) is 4.33. The van der Waals surface area contributed by atoms with Gasteiger partial charge in [0.2, 0.25) is 0 Å². The highest BCUT2D eigenvalue weighted by atomic mass is 19.1. The molecule has 1 unspecified atom stereocenters. The summed E-state index contributed by atoms with van der Waals surface area (Å²) in [5.41, 5.74) is 0.534. The zero-order valence-electron chi connectivity index (χ0n) is 14.3. The first-order valence-electron chi connectivity index (χ1n) is 8.57. The second-order valence-electron chi connectivity index (χ2n) is 6.12. The van der Waals surface area contributed by atoms with Gasteiger partial charge in [-0.2, -0.15) is 0 Å². The fourth-order valence-electron chi connectivity index (χ4n) is 2.91. The number of phenols is 1. The van der Waals surface area contributed by atoms with Gasteiger partial charge in [0.25, 0.3) is 0 Å². The SMILES string of the molecule is CCCCC(CC)CN(c1cccc(O)c1)c1c(F)cccc1F. The van der Waals surface area contributed by atoms with E-state index in [1.54, 1.807) is 29.2 Å². The Morgan fingerprint density at radius 2 is 1.71 bits per heavy atom. The topological polar surface area (TPSA) is 23.5 Å².